The highest BCUT2D eigenvalue weighted by atomic mass is 16.5. The quantitative estimate of drug-likeness (QED) is 0.804. The van der Waals surface area contributed by atoms with E-state index in [-0.39, 0.29) is 5.60 Å². The van der Waals surface area contributed by atoms with Crippen molar-refractivity contribution in [3.05, 3.63) is 42.0 Å². The first-order chi connectivity index (χ1) is 8.02. The summed E-state index contributed by atoms with van der Waals surface area (Å²) in [6.45, 7) is 11.0. The molecule has 0 aromatic heterocycles. The molecule has 17 heavy (non-hydrogen) atoms. The van der Waals surface area contributed by atoms with Crippen LogP contribution in [0.15, 0.2) is 30.9 Å². The van der Waals surface area contributed by atoms with Crippen molar-refractivity contribution in [2.75, 3.05) is 0 Å². The highest BCUT2D eigenvalue weighted by Gasteiger charge is 2.31. The Morgan fingerprint density at radius 3 is 3.00 bits per heavy atom. The van der Waals surface area contributed by atoms with Crippen LogP contribution in [0.2, 0.25) is 0 Å². The summed E-state index contributed by atoms with van der Waals surface area (Å²) in [6.07, 6.45) is 2.90. The molecule has 0 bridgehead atoms. The molecule has 92 valence electrons. The van der Waals surface area contributed by atoms with E-state index in [2.05, 4.69) is 50.9 Å². The van der Waals surface area contributed by atoms with Gasteiger partial charge in [-0.3, -0.25) is 0 Å². The molecule has 1 N–H and O–H groups in total. The Balaban J connectivity index is 2.15. The largest absolute Gasteiger partial charge is 0.487 e. The molecule has 1 aliphatic rings. The average molecular weight is 231 g/mol. The fourth-order valence-electron chi connectivity index (χ4n) is 2.17. The summed E-state index contributed by atoms with van der Waals surface area (Å²) in [5.41, 5.74) is 2.49. The third-order valence-electron chi connectivity index (χ3n) is 3.14. The number of benzene rings is 1. The van der Waals surface area contributed by atoms with Crippen molar-refractivity contribution < 1.29 is 4.74 Å². The average Bonchev–Trinajstić information content (AvgIpc) is 2.60. The first-order valence-electron chi connectivity index (χ1n) is 6.17. The molecular weight excluding hydrogens is 210 g/mol. The van der Waals surface area contributed by atoms with Crippen LogP contribution in [0.3, 0.4) is 0 Å². The fraction of sp³-hybridized carbons (Fsp3) is 0.467. The highest BCUT2D eigenvalue weighted by molar-refractivity contribution is 5.45. The van der Waals surface area contributed by atoms with Crippen LogP contribution >= 0.6 is 0 Å². The van der Waals surface area contributed by atoms with E-state index in [4.69, 9.17) is 4.74 Å². The Hall–Kier alpha value is -1.28. The van der Waals surface area contributed by atoms with Gasteiger partial charge in [-0.25, -0.2) is 0 Å². The third kappa shape index (κ3) is 2.70. The van der Waals surface area contributed by atoms with Crippen molar-refractivity contribution in [2.45, 2.75) is 45.4 Å². The van der Waals surface area contributed by atoms with Gasteiger partial charge in [0.1, 0.15) is 11.4 Å². The molecule has 0 fully saturated rings. The Labute approximate surface area is 104 Å². The van der Waals surface area contributed by atoms with E-state index in [1.54, 1.807) is 0 Å². The predicted octanol–water partition coefficient (Wildman–Crippen LogP) is 3.06. The molecule has 2 heteroatoms. The molecule has 1 unspecified atom stereocenters. The molecule has 2 rings (SSSR count). The normalized spacial score (nSPS) is 18.3. The van der Waals surface area contributed by atoms with E-state index < -0.39 is 0 Å². The van der Waals surface area contributed by atoms with Crippen LogP contribution in [0.1, 0.15) is 31.9 Å². The molecule has 1 heterocycles. The monoisotopic (exact) mass is 231 g/mol. The zero-order valence-corrected chi connectivity index (χ0v) is 10.9. The molecule has 1 aromatic rings. The second-order valence-electron chi connectivity index (χ2n) is 5.35. The zero-order chi connectivity index (χ0) is 12.5. The molecule has 1 aliphatic heterocycles. The first-order valence-corrected chi connectivity index (χ1v) is 6.17. The van der Waals surface area contributed by atoms with Crippen molar-refractivity contribution in [1.29, 1.82) is 0 Å². The predicted molar refractivity (Wildman–Crippen MR) is 71.4 cm³/mol. The number of hydrogen-bond donors (Lipinski definition) is 1. The molecule has 0 radical (unpaired) electrons. The van der Waals surface area contributed by atoms with Crippen molar-refractivity contribution in [1.82, 2.24) is 5.32 Å². The van der Waals surface area contributed by atoms with Crippen molar-refractivity contribution in [2.24, 2.45) is 0 Å². The molecule has 0 aliphatic carbocycles. The molecule has 2 nitrogen and oxygen atoms in total. The Kier molecular flexibility index (Phi) is 3.25. The SMILES string of the molecule is C=CC(C)NCc1cccc2c1OC(C)(C)C2. The standard InChI is InChI=1S/C15H21NO/c1-5-11(2)16-10-13-8-6-7-12-9-15(3,4)17-14(12)13/h5-8,11,16H,1,9-10H2,2-4H3. The first kappa shape index (κ1) is 12.2. The lowest BCUT2D eigenvalue weighted by Crippen LogP contribution is -2.26. The third-order valence-corrected chi connectivity index (χ3v) is 3.14. The summed E-state index contributed by atoms with van der Waals surface area (Å²) in [6, 6.07) is 6.72. The topological polar surface area (TPSA) is 21.3 Å². The van der Waals surface area contributed by atoms with Crippen LogP contribution in [0, 0.1) is 0 Å². The Morgan fingerprint density at radius 1 is 1.53 bits per heavy atom. The highest BCUT2D eigenvalue weighted by Crippen LogP contribution is 2.37. The smallest absolute Gasteiger partial charge is 0.127 e. The summed E-state index contributed by atoms with van der Waals surface area (Å²) in [5, 5.41) is 3.41. The lowest BCUT2D eigenvalue weighted by Gasteiger charge is -2.18. The van der Waals surface area contributed by atoms with Crippen molar-refractivity contribution in [3.63, 3.8) is 0 Å². The number of ether oxygens (including phenoxy) is 1. The lowest BCUT2D eigenvalue weighted by molar-refractivity contribution is 0.137. The van der Waals surface area contributed by atoms with Gasteiger partial charge in [-0.15, -0.1) is 6.58 Å². The van der Waals surface area contributed by atoms with Crippen LogP contribution in [0.25, 0.3) is 0 Å². The summed E-state index contributed by atoms with van der Waals surface area (Å²) >= 11 is 0. The van der Waals surface area contributed by atoms with Crippen LogP contribution in [0.5, 0.6) is 5.75 Å². The van der Waals surface area contributed by atoms with Gasteiger partial charge in [0.25, 0.3) is 0 Å². The number of fused-ring (bicyclic) bond motifs is 1. The Morgan fingerprint density at radius 2 is 2.29 bits per heavy atom. The molecule has 0 saturated carbocycles. The van der Waals surface area contributed by atoms with Crippen molar-refractivity contribution in [3.8, 4) is 5.75 Å². The molecule has 1 atom stereocenters. The van der Waals surface area contributed by atoms with Gasteiger partial charge in [-0.05, 0) is 26.3 Å². The summed E-state index contributed by atoms with van der Waals surface area (Å²) in [4.78, 5) is 0. The molecule has 0 spiro atoms. The summed E-state index contributed by atoms with van der Waals surface area (Å²) < 4.78 is 6.03. The van der Waals surface area contributed by atoms with Crippen LogP contribution in [-0.4, -0.2) is 11.6 Å². The van der Waals surface area contributed by atoms with E-state index >= 15 is 0 Å². The minimum atomic E-state index is -0.0670. The fourth-order valence-corrected chi connectivity index (χ4v) is 2.17. The number of rotatable bonds is 4. The maximum Gasteiger partial charge on any atom is 0.127 e. The molecule has 1 aromatic carbocycles. The zero-order valence-electron chi connectivity index (χ0n) is 10.9. The second kappa shape index (κ2) is 4.53. The van der Waals surface area contributed by atoms with E-state index in [0.717, 1.165) is 18.7 Å². The van der Waals surface area contributed by atoms with Gasteiger partial charge in [-0.2, -0.15) is 0 Å². The number of para-hydroxylation sites is 1. The molecular formula is C15H21NO. The summed E-state index contributed by atoms with van der Waals surface area (Å²) in [5.74, 6) is 1.07. The van der Waals surface area contributed by atoms with Gasteiger partial charge in [0.05, 0.1) is 0 Å². The Bertz CT molecular complexity index is 423. The lowest BCUT2D eigenvalue weighted by atomic mass is 10.0. The minimum Gasteiger partial charge on any atom is -0.487 e. The molecule has 0 amide bonds. The van der Waals surface area contributed by atoms with Crippen LogP contribution in [-0.2, 0) is 13.0 Å². The number of hydrogen-bond acceptors (Lipinski definition) is 2. The summed E-state index contributed by atoms with van der Waals surface area (Å²) in [7, 11) is 0. The van der Waals surface area contributed by atoms with Gasteiger partial charge in [-0.1, -0.05) is 24.3 Å². The van der Waals surface area contributed by atoms with E-state index in [0.29, 0.717) is 6.04 Å². The van der Waals surface area contributed by atoms with Gasteiger partial charge < -0.3 is 10.1 Å². The van der Waals surface area contributed by atoms with Crippen molar-refractivity contribution >= 4 is 0 Å². The van der Waals surface area contributed by atoms with Crippen LogP contribution < -0.4 is 10.1 Å². The maximum absolute atomic E-state index is 6.03. The van der Waals surface area contributed by atoms with E-state index in [1.807, 2.05) is 6.08 Å². The number of nitrogens with one attached hydrogen (secondary N) is 1. The minimum absolute atomic E-state index is 0.0670. The van der Waals surface area contributed by atoms with Crippen LogP contribution in [0.4, 0.5) is 0 Å². The maximum atomic E-state index is 6.03. The van der Waals surface area contributed by atoms with E-state index in [1.165, 1.54) is 11.1 Å². The van der Waals surface area contributed by atoms with Gasteiger partial charge in [0.15, 0.2) is 0 Å². The van der Waals surface area contributed by atoms with Gasteiger partial charge in [0, 0.05) is 24.6 Å². The second-order valence-corrected chi connectivity index (χ2v) is 5.35. The van der Waals surface area contributed by atoms with E-state index in [9.17, 15) is 0 Å². The molecule has 0 saturated heterocycles. The van der Waals surface area contributed by atoms with Gasteiger partial charge in [0.2, 0.25) is 0 Å². The van der Waals surface area contributed by atoms with Gasteiger partial charge >= 0.3 is 0 Å².